The molecule has 2 aromatic rings. The highest BCUT2D eigenvalue weighted by atomic mass is 16.6. The monoisotopic (exact) mass is 441 g/mol. The zero-order valence-corrected chi connectivity index (χ0v) is 19.2. The van der Waals surface area contributed by atoms with Gasteiger partial charge in [-0.1, -0.05) is 18.6 Å². The van der Waals surface area contributed by atoms with Crippen LogP contribution in [0.2, 0.25) is 0 Å². The van der Waals surface area contributed by atoms with Crippen LogP contribution in [-0.2, 0) is 27.2 Å². The number of hydrogen-bond donors (Lipinski definition) is 0. The van der Waals surface area contributed by atoms with Crippen molar-refractivity contribution in [3.05, 3.63) is 41.1 Å². The van der Waals surface area contributed by atoms with Crippen molar-refractivity contribution < 1.29 is 23.8 Å². The molecule has 4 rings (SSSR count). The van der Waals surface area contributed by atoms with E-state index in [1.807, 2.05) is 25.5 Å². The van der Waals surface area contributed by atoms with Gasteiger partial charge in [0.25, 0.3) is 0 Å². The minimum atomic E-state index is -0.575. The Labute approximate surface area is 188 Å². The van der Waals surface area contributed by atoms with Gasteiger partial charge in [-0.05, 0) is 57.2 Å². The number of ether oxygens (including phenoxy) is 3. The molecule has 8 heteroatoms. The number of carbonyl (C=O) groups is 2. The number of hydrogen-bond acceptors (Lipinski definition) is 6. The number of nitrogens with zero attached hydrogens (tertiary/aromatic N) is 3. The van der Waals surface area contributed by atoms with Crippen LogP contribution in [0, 0.1) is 0 Å². The highest BCUT2D eigenvalue weighted by molar-refractivity contribution is 5.71. The lowest BCUT2D eigenvalue weighted by Crippen LogP contribution is -2.40. The summed E-state index contributed by atoms with van der Waals surface area (Å²) < 4.78 is 17.8. The molecule has 0 atom stereocenters. The van der Waals surface area contributed by atoms with Crippen LogP contribution in [-0.4, -0.2) is 52.6 Å². The maximum absolute atomic E-state index is 12.6. The second-order valence-corrected chi connectivity index (χ2v) is 9.38. The van der Waals surface area contributed by atoms with Crippen molar-refractivity contribution in [3.63, 3.8) is 0 Å². The zero-order valence-electron chi connectivity index (χ0n) is 19.2. The van der Waals surface area contributed by atoms with Crippen LogP contribution in [0.3, 0.4) is 0 Å². The molecule has 0 saturated heterocycles. The van der Waals surface area contributed by atoms with E-state index < -0.39 is 11.6 Å². The summed E-state index contributed by atoms with van der Waals surface area (Å²) in [4.78, 5) is 25.9. The van der Waals surface area contributed by atoms with Gasteiger partial charge >= 0.3 is 12.1 Å². The number of benzene rings is 1. The van der Waals surface area contributed by atoms with Crippen LogP contribution in [0.4, 0.5) is 4.79 Å². The topological polar surface area (TPSA) is 82.9 Å². The Morgan fingerprint density at radius 2 is 1.88 bits per heavy atom. The van der Waals surface area contributed by atoms with E-state index in [9.17, 15) is 9.59 Å². The molecule has 0 N–H and O–H groups in total. The van der Waals surface area contributed by atoms with E-state index in [1.54, 1.807) is 4.90 Å². The molecule has 1 aromatic heterocycles. The molecule has 8 nitrogen and oxygen atoms in total. The maximum atomic E-state index is 12.6. The first-order chi connectivity index (χ1) is 15.2. The van der Waals surface area contributed by atoms with Crippen molar-refractivity contribution >= 4 is 12.1 Å². The van der Waals surface area contributed by atoms with Crippen molar-refractivity contribution in [3.8, 4) is 11.6 Å². The molecule has 2 aliphatic rings. The van der Waals surface area contributed by atoms with Gasteiger partial charge in [0.15, 0.2) is 6.61 Å². The summed E-state index contributed by atoms with van der Waals surface area (Å²) in [6.45, 7) is 6.11. The molecule has 172 valence electrons. The number of amides is 1. The second kappa shape index (κ2) is 8.84. The maximum Gasteiger partial charge on any atom is 0.410 e. The summed E-state index contributed by atoms with van der Waals surface area (Å²) in [5.74, 6) is 0.511. The first-order valence-corrected chi connectivity index (χ1v) is 11.1. The van der Waals surface area contributed by atoms with E-state index in [4.69, 9.17) is 14.2 Å². The van der Waals surface area contributed by atoms with Gasteiger partial charge in [0.1, 0.15) is 5.60 Å². The molecule has 1 aromatic carbocycles. The van der Waals surface area contributed by atoms with Gasteiger partial charge in [0, 0.05) is 13.0 Å². The SMILES string of the molecule is COC(=O)COc1nn(-c2ccc(C3CCC3)cc2)c2c1CN(C(=O)OC(C)(C)C)CC2. The van der Waals surface area contributed by atoms with Gasteiger partial charge in [0.05, 0.1) is 30.6 Å². The van der Waals surface area contributed by atoms with Gasteiger partial charge < -0.3 is 19.1 Å². The van der Waals surface area contributed by atoms with E-state index in [-0.39, 0.29) is 12.7 Å². The second-order valence-electron chi connectivity index (χ2n) is 9.38. The predicted molar refractivity (Wildman–Crippen MR) is 118 cm³/mol. The molecule has 0 bridgehead atoms. The molecule has 1 amide bonds. The minimum Gasteiger partial charge on any atom is -0.466 e. The molecule has 0 spiro atoms. The number of fused-ring (bicyclic) bond motifs is 1. The Kier molecular flexibility index (Phi) is 6.13. The molecule has 2 heterocycles. The van der Waals surface area contributed by atoms with Crippen LogP contribution in [0.5, 0.6) is 5.88 Å². The highest BCUT2D eigenvalue weighted by Gasteiger charge is 2.31. The van der Waals surface area contributed by atoms with E-state index in [2.05, 4.69) is 29.4 Å². The van der Waals surface area contributed by atoms with Crippen LogP contribution in [0.15, 0.2) is 24.3 Å². The van der Waals surface area contributed by atoms with Crippen LogP contribution in [0.25, 0.3) is 5.69 Å². The Morgan fingerprint density at radius 3 is 2.47 bits per heavy atom. The first-order valence-electron chi connectivity index (χ1n) is 11.1. The van der Waals surface area contributed by atoms with E-state index in [1.165, 1.54) is 31.9 Å². The number of carbonyl (C=O) groups excluding carboxylic acids is 2. The molecule has 1 aliphatic carbocycles. The number of esters is 1. The number of rotatable bonds is 5. The van der Waals surface area contributed by atoms with E-state index in [0.29, 0.717) is 31.3 Å². The fraction of sp³-hybridized carbons (Fsp3) is 0.542. The normalized spacial score (nSPS) is 16.2. The lowest BCUT2D eigenvalue weighted by atomic mass is 9.80. The molecule has 0 radical (unpaired) electrons. The largest absolute Gasteiger partial charge is 0.466 e. The summed E-state index contributed by atoms with van der Waals surface area (Å²) in [5, 5.41) is 4.65. The molecule has 32 heavy (non-hydrogen) atoms. The molecule has 1 aliphatic heterocycles. The van der Waals surface area contributed by atoms with Crippen LogP contribution in [0.1, 0.15) is 62.8 Å². The standard InChI is InChI=1S/C24H31N3O5/c1-24(2,3)32-23(29)26-13-12-20-19(14-26)22(31-15-21(28)30-4)25-27(20)18-10-8-17(9-11-18)16-6-5-7-16/h8-11,16H,5-7,12-15H2,1-4H3. The fourth-order valence-electron chi connectivity index (χ4n) is 4.02. The van der Waals surface area contributed by atoms with Gasteiger partial charge in [-0.15, -0.1) is 5.10 Å². The van der Waals surface area contributed by atoms with Gasteiger partial charge in [-0.2, -0.15) is 0 Å². The van der Waals surface area contributed by atoms with Crippen molar-refractivity contribution in [1.82, 2.24) is 14.7 Å². The predicted octanol–water partition coefficient (Wildman–Crippen LogP) is 3.98. The molecule has 0 unspecified atom stereocenters. The first kappa shape index (κ1) is 22.2. The van der Waals surface area contributed by atoms with E-state index in [0.717, 1.165) is 16.9 Å². The van der Waals surface area contributed by atoms with Crippen LogP contribution >= 0.6 is 0 Å². The van der Waals surface area contributed by atoms with Gasteiger partial charge in [0.2, 0.25) is 5.88 Å². The van der Waals surface area contributed by atoms with Gasteiger partial charge in [-0.25, -0.2) is 14.3 Å². The number of aromatic nitrogens is 2. The fourth-order valence-corrected chi connectivity index (χ4v) is 4.02. The van der Waals surface area contributed by atoms with Crippen molar-refractivity contribution in [2.75, 3.05) is 20.3 Å². The average Bonchev–Trinajstić information content (AvgIpc) is 3.08. The lowest BCUT2D eigenvalue weighted by Gasteiger charge is -2.30. The molecular weight excluding hydrogens is 410 g/mol. The Balaban J connectivity index is 1.61. The summed E-state index contributed by atoms with van der Waals surface area (Å²) >= 11 is 0. The Morgan fingerprint density at radius 1 is 1.16 bits per heavy atom. The third-order valence-electron chi connectivity index (χ3n) is 5.94. The van der Waals surface area contributed by atoms with Crippen LogP contribution < -0.4 is 4.74 Å². The van der Waals surface area contributed by atoms with Crippen molar-refractivity contribution in [2.45, 2.75) is 64.5 Å². The quantitative estimate of drug-likeness (QED) is 0.653. The zero-order chi connectivity index (χ0) is 22.9. The van der Waals surface area contributed by atoms with Crippen molar-refractivity contribution in [1.29, 1.82) is 0 Å². The summed E-state index contributed by atoms with van der Waals surface area (Å²) in [7, 11) is 1.31. The molecular formula is C24H31N3O5. The Bertz CT molecular complexity index is 986. The van der Waals surface area contributed by atoms with Crippen molar-refractivity contribution in [2.24, 2.45) is 0 Å². The summed E-state index contributed by atoms with van der Waals surface area (Å²) in [6.07, 6.45) is 4.03. The highest BCUT2D eigenvalue weighted by Crippen LogP contribution is 2.37. The van der Waals surface area contributed by atoms with E-state index >= 15 is 0 Å². The summed E-state index contributed by atoms with van der Waals surface area (Å²) in [5.41, 5.74) is 3.48. The minimum absolute atomic E-state index is 0.243. The summed E-state index contributed by atoms with van der Waals surface area (Å²) in [6, 6.07) is 8.48. The third-order valence-corrected chi connectivity index (χ3v) is 5.94. The van der Waals surface area contributed by atoms with Gasteiger partial charge in [-0.3, -0.25) is 0 Å². The third kappa shape index (κ3) is 4.74. The Hall–Kier alpha value is -3.03. The number of methoxy groups -OCH3 is 1. The average molecular weight is 442 g/mol. The molecule has 1 saturated carbocycles. The smallest absolute Gasteiger partial charge is 0.410 e. The lowest BCUT2D eigenvalue weighted by molar-refractivity contribution is -0.143. The molecule has 1 fully saturated rings.